The first kappa shape index (κ1) is 12.4. The fourth-order valence-corrected chi connectivity index (χ4v) is 4.43. The lowest BCUT2D eigenvalue weighted by atomic mass is 10.2. The summed E-state index contributed by atoms with van der Waals surface area (Å²) in [4.78, 5) is 9.97. The largest absolute Gasteiger partial charge is 0.334 e. The SMILES string of the molecule is O=P(O)(SCc1ccccc1)c1ccccc1. The van der Waals surface area contributed by atoms with Crippen molar-refractivity contribution in [1.82, 2.24) is 0 Å². The van der Waals surface area contributed by atoms with Crippen LogP contribution in [0.5, 0.6) is 0 Å². The standard InChI is InChI=1S/C13H13O2PS/c14-16(15,13-9-5-2-6-10-13)17-11-12-7-3-1-4-8-12/h1-10H,11H2,(H,14,15). The van der Waals surface area contributed by atoms with E-state index in [-0.39, 0.29) is 0 Å². The Bertz CT molecular complexity index is 513. The minimum Gasteiger partial charge on any atom is -0.334 e. The minimum absolute atomic E-state index is 0.501. The van der Waals surface area contributed by atoms with Gasteiger partial charge >= 0.3 is 0 Å². The molecule has 0 amide bonds. The van der Waals surface area contributed by atoms with Crippen LogP contribution in [0.2, 0.25) is 0 Å². The average molecular weight is 264 g/mol. The molecule has 2 aromatic carbocycles. The molecular weight excluding hydrogens is 251 g/mol. The molecular formula is C13H13O2PS. The van der Waals surface area contributed by atoms with Gasteiger partial charge in [0.1, 0.15) is 0 Å². The van der Waals surface area contributed by atoms with E-state index in [4.69, 9.17) is 0 Å². The molecule has 2 aromatic rings. The van der Waals surface area contributed by atoms with E-state index in [1.165, 1.54) is 0 Å². The smallest absolute Gasteiger partial charge is 0.284 e. The Labute approximate surface area is 105 Å². The van der Waals surface area contributed by atoms with Crippen molar-refractivity contribution in [2.75, 3.05) is 0 Å². The molecule has 1 atom stereocenters. The summed E-state index contributed by atoms with van der Waals surface area (Å²) in [6, 6.07) is 18.5. The maximum Gasteiger partial charge on any atom is 0.284 e. The van der Waals surface area contributed by atoms with Gasteiger partial charge in [0, 0.05) is 11.1 Å². The Kier molecular flexibility index (Phi) is 4.06. The summed E-state index contributed by atoms with van der Waals surface area (Å²) < 4.78 is 12.1. The molecule has 1 N–H and O–H groups in total. The summed E-state index contributed by atoms with van der Waals surface area (Å²) in [6.07, 6.45) is 0. The van der Waals surface area contributed by atoms with Crippen molar-refractivity contribution in [1.29, 1.82) is 0 Å². The quantitative estimate of drug-likeness (QED) is 0.860. The summed E-state index contributed by atoms with van der Waals surface area (Å²) in [5.74, 6) is 0.545. The van der Waals surface area contributed by atoms with Crippen molar-refractivity contribution in [3.63, 3.8) is 0 Å². The molecule has 0 aromatic heterocycles. The first-order chi connectivity index (χ1) is 8.18. The van der Waals surface area contributed by atoms with Gasteiger partial charge in [-0.3, -0.25) is 4.57 Å². The fraction of sp³-hybridized carbons (Fsp3) is 0.0769. The van der Waals surface area contributed by atoms with E-state index in [2.05, 4.69) is 0 Å². The Balaban J connectivity index is 2.06. The van der Waals surface area contributed by atoms with E-state index in [1.54, 1.807) is 24.3 Å². The highest BCUT2D eigenvalue weighted by atomic mass is 32.7. The Morgan fingerprint density at radius 1 is 0.941 bits per heavy atom. The molecule has 0 fully saturated rings. The zero-order valence-corrected chi connectivity index (χ0v) is 10.9. The van der Waals surface area contributed by atoms with Gasteiger partial charge < -0.3 is 4.89 Å². The molecule has 0 spiro atoms. The van der Waals surface area contributed by atoms with Crippen LogP contribution in [-0.4, -0.2) is 4.89 Å². The highest BCUT2D eigenvalue weighted by Crippen LogP contribution is 2.54. The third-order valence-corrected chi connectivity index (χ3v) is 6.16. The van der Waals surface area contributed by atoms with Crippen LogP contribution in [0.1, 0.15) is 5.56 Å². The van der Waals surface area contributed by atoms with Crippen LogP contribution in [0, 0.1) is 0 Å². The Morgan fingerprint density at radius 2 is 1.47 bits per heavy atom. The average Bonchev–Trinajstić information content (AvgIpc) is 2.39. The topological polar surface area (TPSA) is 37.3 Å². The van der Waals surface area contributed by atoms with E-state index in [1.807, 2.05) is 36.4 Å². The second kappa shape index (κ2) is 5.54. The molecule has 2 rings (SSSR count). The van der Waals surface area contributed by atoms with Gasteiger partial charge in [-0.05, 0) is 17.7 Å². The maximum atomic E-state index is 12.1. The second-order valence-corrected chi connectivity index (χ2v) is 7.98. The molecule has 0 aliphatic carbocycles. The van der Waals surface area contributed by atoms with Crippen molar-refractivity contribution >= 4 is 23.3 Å². The second-order valence-electron chi connectivity index (χ2n) is 3.61. The highest BCUT2D eigenvalue weighted by Gasteiger charge is 2.21. The van der Waals surface area contributed by atoms with Crippen molar-refractivity contribution in [3.05, 3.63) is 66.2 Å². The van der Waals surface area contributed by atoms with E-state index >= 15 is 0 Å². The lowest BCUT2D eigenvalue weighted by Crippen LogP contribution is -2.00. The van der Waals surface area contributed by atoms with Gasteiger partial charge in [-0.1, -0.05) is 59.9 Å². The van der Waals surface area contributed by atoms with Crippen LogP contribution in [0.4, 0.5) is 0 Å². The van der Waals surface area contributed by atoms with E-state index in [0.717, 1.165) is 16.9 Å². The minimum atomic E-state index is -3.29. The summed E-state index contributed by atoms with van der Waals surface area (Å²) in [7, 11) is 0. The van der Waals surface area contributed by atoms with Crippen LogP contribution in [-0.2, 0) is 10.3 Å². The van der Waals surface area contributed by atoms with Crippen LogP contribution in [0.25, 0.3) is 0 Å². The normalized spacial score (nSPS) is 14.2. The van der Waals surface area contributed by atoms with Gasteiger partial charge in [-0.2, -0.15) is 0 Å². The molecule has 0 radical (unpaired) electrons. The van der Waals surface area contributed by atoms with Gasteiger partial charge in [-0.15, -0.1) is 0 Å². The lowest BCUT2D eigenvalue weighted by molar-refractivity contribution is 0.507. The molecule has 0 heterocycles. The third kappa shape index (κ3) is 3.47. The molecule has 0 bridgehead atoms. The van der Waals surface area contributed by atoms with Crippen molar-refractivity contribution in [2.24, 2.45) is 0 Å². The van der Waals surface area contributed by atoms with Gasteiger partial charge in [0.2, 0.25) is 0 Å². The fourth-order valence-electron chi connectivity index (χ4n) is 1.43. The van der Waals surface area contributed by atoms with Crippen molar-refractivity contribution in [3.8, 4) is 0 Å². The summed E-state index contributed by atoms with van der Waals surface area (Å²) in [5.41, 5.74) is 1.06. The molecule has 2 nitrogen and oxygen atoms in total. The van der Waals surface area contributed by atoms with Crippen molar-refractivity contribution in [2.45, 2.75) is 5.75 Å². The molecule has 1 unspecified atom stereocenters. The number of hydrogen-bond donors (Lipinski definition) is 1. The monoisotopic (exact) mass is 264 g/mol. The molecule has 0 saturated carbocycles. The first-order valence-electron chi connectivity index (χ1n) is 5.25. The van der Waals surface area contributed by atoms with Crippen LogP contribution < -0.4 is 5.30 Å². The predicted octanol–water partition coefficient (Wildman–Crippen LogP) is 3.43. The number of rotatable bonds is 4. The summed E-state index contributed by atoms with van der Waals surface area (Å²) >= 11 is 1.10. The zero-order chi connectivity index (χ0) is 12.1. The number of hydrogen-bond acceptors (Lipinski definition) is 2. The lowest BCUT2D eigenvalue weighted by Gasteiger charge is -2.10. The van der Waals surface area contributed by atoms with E-state index in [9.17, 15) is 9.46 Å². The molecule has 88 valence electrons. The first-order valence-corrected chi connectivity index (χ1v) is 8.50. The van der Waals surface area contributed by atoms with Gasteiger partial charge in [0.05, 0.1) is 0 Å². The van der Waals surface area contributed by atoms with E-state index in [0.29, 0.717) is 11.1 Å². The molecule has 0 aliphatic heterocycles. The third-order valence-electron chi connectivity index (χ3n) is 2.33. The maximum absolute atomic E-state index is 12.1. The molecule has 0 saturated heterocycles. The Hall–Kier alpha value is -1.02. The summed E-state index contributed by atoms with van der Waals surface area (Å²) in [5, 5.41) is 0.501. The molecule has 4 heteroatoms. The van der Waals surface area contributed by atoms with Crippen LogP contribution in [0.15, 0.2) is 60.7 Å². The highest BCUT2D eigenvalue weighted by molar-refractivity contribution is 8.58. The Morgan fingerprint density at radius 3 is 2.06 bits per heavy atom. The summed E-state index contributed by atoms with van der Waals surface area (Å²) in [6.45, 7) is -3.29. The van der Waals surface area contributed by atoms with Crippen LogP contribution >= 0.6 is 18.0 Å². The van der Waals surface area contributed by atoms with Gasteiger partial charge in [-0.25, -0.2) is 0 Å². The van der Waals surface area contributed by atoms with E-state index < -0.39 is 6.57 Å². The predicted molar refractivity (Wildman–Crippen MR) is 73.6 cm³/mol. The van der Waals surface area contributed by atoms with Gasteiger partial charge in [0.15, 0.2) is 0 Å². The van der Waals surface area contributed by atoms with Crippen LogP contribution in [0.3, 0.4) is 0 Å². The number of benzene rings is 2. The van der Waals surface area contributed by atoms with Gasteiger partial charge in [0.25, 0.3) is 6.57 Å². The molecule has 0 aliphatic rings. The zero-order valence-electron chi connectivity index (χ0n) is 9.19. The molecule has 17 heavy (non-hydrogen) atoms. The van der Waals surface area contributed by atoms with Crippen molar-refractivity contribution < 1.29 is 9.46 Å².